The van der Waals surface area contributed by atoms with E-state index in [1.165, 1.54) is 5.56 Å². The van der Waals surface area contributed by atoms with Crippen LogP contribution in [0.3, 0.4) is 0 Å². The van der Waals surface area contributed by atoms with E-state index in [2.05, 4.69) is 23.5 Å². The molecule has 0 fully saturated rings. The largest absolute Gasteiger partial charge is 0.465 e. The number of hydrogen-bond acceptors (Lipinski definition) is 3. The van der Waals surface area contributed by atoms with E-state index in [0.717, 1.165) is 24.6 Å². The lowest BCUT2D eigenvalue weighted by atomic mass is 10.3. The van der Waals surface area contributed by atoms with Gasteiger partial charge in [-0.1, -0.05) is 0 Å². The van der Waals surface area contributed by atoms with E-state index >= 15 is 0 Å². The molecule has 0 aromatic carbocycles. The van der Waals surface area contributed by atoms with Crippen LogP contribution in [0.1, 0.15) is 24.0 Å². The van der Waals surface area contributed by atoms with Gasteiger partial charge in [-0.2, -0.15) is 5.10 Å². The first kappa shape index (κ1) is 11.9. The number of nitrogens with zero attached hydrogens (tertiary/aromatic N) is 2. The van der Waals surface area contributed by atoms with Gasteiger partial charge in [0.15, 0.2) is 0 Å². The van der Waals surface area contributed by atoms with Gasteiger partial charge >= 0.3 is 0 Å². The van der Waals surface area contributed by atoms with Crippen molar-refractivity contribution in [1.82, 2.24) is 15.1 Å². The zero-order chi connectivity index (χ0) is 12.3. The van der Waals surface area contributed by atoms with Gasteiger partial charge in [0.25, 0.3) is 0 Å². The highest BCUT2D eigenvalue weighted by Gasteiger charge is 2.05. The minimum atomic E-state index is 0.361. The van der Waals surface area contributed by atoms with Crippen LogP contribution in [0, 0.1) is 13.8 Å². The molecule has 0 aliphatic heterocycles. The Hall–Kier alpha value is -1.55. The van der Waals surface area contributed by atoms with Crippen molar-refractivity contribution in [2.75, 3.05) is 0 Å². The van der Waals surface area contributed by atoms with Gasteiger partial charge in [0.2, 0.25) is 0 Å². The molecule has 0 aliphatic rings. The van der Waals surface area contributed by atoms with Crippen molar-refractivity contribution in [2.24, 2.45) is 0 Å². The number of aromatic nitrogens is 2. The fraction of sp³-hybridized carbons (Fsp3) is 0.462. The molecule has 0 aliphatic carbocycles. The van der Waals surface area contributed by atoms with E-state index in [4.69, 9.17) is 4.42 Å². The second-order valence-corrected chi connectivity index (χ2v) is 4.53. The van der Waals surface area contributed by atoms with Crippen molar-refractivity contribution in [3.05, 3.63) is 41.6 Å². The molecule has 17 heavy (non-hydrogen) atoms. The van der Waals surface area contributed by atoms with E-state index in [1.54, 1.807) is 0 Å². The summed E-state index contributed by atoms with van der Waals surface area (Å²) >= 11 is 0. The highest BCUT2D eigenvalue weighted by Crippen LogP contribution is 2.06. The molecule has 0 amide bonds. The molecular weight excluding hydrogens is 214 g/mol. The monoisotopic (exact) mass is 233 g/mol. The lowest BCUT2D eigenvalue weighted by Gasteiger charge is -2.12. The molecule has 2 rings (SSSR count). The van der Waals surface area contributed by atoms with Gasteiger partial charge in [0, 0.05) is 12.2 Å². The second-order valence-electron chi connectivity index (χ2n) is 4.53. The molecule has 0 unspecified atom stereocenters. The number of nitrogens with one attached hydrogen (secondary N) is 1. The van der Waals surface area contributed by atoms with Crippen LogP contribution in [0.15, 0.2) is 28.9 Å². The van der Waals surface area contributed by atoms with Crippen molar-refractivity contribution >= 4 is 0 Å². The average Bonchev–Trinajstić information content (AvgIpc) is 2.85. The molecule has 4 heteroatoms. The average molecular weight is 233 g/mol. The second kappa shape index (κ2) is 5.19. The Morgan fingerprint density at radius 1 is 1.41 bits per heavy atom. The Morgan fingerprint density at radius 3 is 2.82 bits per heavy atom. The third-order valence-corrected chi connectivity index (χ3v) is 2.64. The maximum atomic E-state index is 5.50. The van der Waals surface area contributed by atoms with Crippen LogP contribution in [-0.4, -0.2) is 15.8 Å². The molecule has 0 saturated heterocycles. The van der Waals surface area contributed by atoms with Gasteiger partial charge in [0.1, 0.15) is 11.5 Å². The minimum Gasteiger partial charge on any atom is -0.465 e. The summed E-state index contributed by atoms with van der Waals surface area (Å²) in [4.78, 5) is 0. The van der Waals surface area contributed by atoms with Gasteiger partial charge in [-0.3, -0.25) is 4.68 Å². The van der Waals surface area contributed by atoms with Gasteiger partial charge in [0.05, 0.1) is 19.3 Å². The van der Waals surface area contributed by atoms with Gasteiger partial charge < -0.3 is 9.73 Å². The molecule has 2 aromatic rings. The highest BCUT2D eigenvalue weighted by molar-refractivity contribution is 5.05. The van der Waals surface area contributed by atoms with Crippen molar-refractivity contribution in [1.29, 1.82) is 0 Å². The molecular formula is C13H19N3O. The molecule has 2 heterocycles. The zero-order valence-corrected chi connectivity index (χ0v) is 10.6. The van der Waals surface area contributed by atoms with Crippen LogP contribution in [0.25, 0.3) is 0 Å². The molecule has 0 spiro atoms. The van der Waals surface area contributed by atoms with Gasteiger partial charge in [-0.25, -0.2) is 0 Å². The lowest BCUT2D eigenvalue weighted by molar-refractivity contribution is 0.408. The Kier molecular flexibility index (Phi) is 3.64. The number of rotatable bonds is 5. The lowest BCUT2D eigenvalue weighted by Crippen LogP contribution is -2.30. The van der Waals surface area contributed by atoms with E-state index in [-0.39, 0.29) is 0 Å². The normalized spacial score (nSPS) is 12.9. The quantitative estimate of drug-likeness (QED) is 0.861. The summed E-state index contributed by atoms with van der Waals surface area (Å²) in [5.74, 6) is 1.93. The van der Waals surface area contributed by atoms with Crippen molar-refractivity contribution in [3.8, 4) is 0 Å². The molecule has 1 atom stereocenters. The van der Waals surface area contributed by atoms with Crippen LogP contribution in [0.4, 0.5) is 0 Å². The molecule has 0 bridgehead atoms. The predicted octanol–water partition coefficient (Wildman–Crippen LogP) is 2.27. The standard InChI is InChI=1S/C13H19N3O/c1-10-6-15-16(8-10)9-11(2)14-7-13-5-4-12(3)17-13/h4-6,8,11,14H,7,9H2,1-3H3/t11-/m0/s1. The van der Waals surface area contributed by atoms with E-state index in [0.29, 0.717) is 6.04 Å². The summed E-state index contributed by atoms with van der Waals surface area (Å²) in [5.41, 5.74) is 1.19. The first-order chi connectivity index (χ1) is 8.13. The van der Waals surface area contributed by atoms with Crippen molar-refractivity contribution in [3.63, 3.8) is 0 Å². The third kappa shape index (κ3) is 3.46. The van der Waals surface area contributed by atoms with Crippen molar-refractivity contribution < 1.29 is 4.42 Å². The van der Waals surface area contributed by atoms with Crippen LogP contribution in [0.5, 0.6) is 0 Å². The summed E-state index contributed by atoms with van der Waals surface area (Å²) in [7, 11) is 0. The molecule has 4 nitrogen and oxygen atoms in total. The van der Waals surface area contributed by atoms with E-state index in [1.807, 2.05) is 36.9 Å². The maximum absolute atomic E-state index is 5.50. The zero-order valence-electron chi connectivity index (χ0n) is 10.6. The number of aryl methyl sites for hydroxylation is 2. The van der Waals surface area contributed by atoms with E-state index < -0.39 is 0 Å². The molecule has 92 valence electrons. The molecule has 1 N–H and O–H groups in total. The SMILES string of the molecule is Cc1cnn(C[C@H](C)NCc2ccc(C)o2)c1. The minimum absolute atomic E-state index is 0.361. The predicted molar refractivity (Wildman–Crippen MR) is 66.7 cm³/mol. The van der Waals surface area contributed by atoms with Gasteiger partial charge in [-0.05, 0) is 38.5 Å². The Balaban J connectivity index is 1.79. The smallest absolute Gasteiger partial charge is 0.117 e. The summed E-state index contributed by atoms with van der Waals surface area (Å²) in [6, 6.07) is 4.35. The first-order valence-electron chi connectivity index (χ1n) is 5.91. The number of hydrogen-bond donors (Lipinski definition) is 1. The summed E-state index contributed by atoms with van der Waals surface area (Å²) in [6.45, 7) is 7.78. The van der Waals surface area contributed by atoms with Crippen LogP contribution in [-0.2, 0) is 13.1 Å². The van der Waals surface area contributed by atoms with Crippen LogP contribution >= 0.6 is 0 Å². The highest BCUT2D eigenvalue weighted by atomic mass is 16.3. The topological polar surface area (TPSA) is 43.0 Å². The van der Waals surface area contributed by atoms with Crippen LogP contribution in [0.2, 0.25) is 0 Å². The van der Waals surface area contributed by atoms with E-state index in [9.17, 15) is 0 Å². The first-order valence-corrected chi connectivity index (χ1v) is 5.91. The Bertz CT molecular complexity index is 472. The molecule has 0 saturated carbocycles. The molecule has 0 radical (unpaired) electrons. The summed E-state index contributed by atoms with van der Waals surface area (Å²) in [5, 5.41) is 7.68. The summed E-state index contributed by atoms with van der Waals surface area (Å²) < 4.78 is 7.46. The fourth-order valence-corrected chi connectivity index (χ4v) is 1.77. The Labute approximate surface area is 102 Å². The fourth-order valence-electron chi connectivity index (χ4n) is 1.77. The van der Waals surface area contributed by atoms with Gasteiger partial charge in [-0.15, -0.1) is 0 Å². The summed E-state index contributed by atoms with van der Waals surface area (Å²) in [6.07, 6.45) is 3.93. The maximum Gasteiger partial charge on any atom is 0.117 e. The van der Waals surface area contributed by atoms with Crippen molar-refractivity contribution in [2.45, 2.75) is 39.9 Å². The Morgan fingerprint density at radius 2 is 2.24 bits per heavy atom. The molecule has 2 aromatic heterocycles. The number of furan rings is 1. The van der Waals surface area contributed by atoms with Crippen LogP contribution < -0.4 is 5.32 Å². The third-order valence-electron chi connectivity index (χ3n) is 2.64.